The summed E-state index contributed by atoms with van der Waals surface area (Å²) in [6.07, 6.45) is 0.652. The number of rotatable bonds is 2. The molecule has 0 N–H and O–H groups in total. The van der Waals surface area contributed by atoms with Gasteiger partial charge in [-0.15, -0.1) is 0 Å². The second kappa shape index (κ2) is 4.88. The van der Waals surface area contributed by atoms with E-state index in [2.05, 4.69) is 0 Å². The molecular weight excluding hydrogens is 268 g/mol. The van der Waals surface area contributed by atoms with Crippen molar-refractivity contribution >= 4 is 22.7 Å². The Kier molecular flexibility index (Phi) is 3.16. The van der Waals surface area contributed by atoms with Gasteiger partial charge in [-0.05, 0) is 34.7 Å². The summed E-state index contributed by atoms with van der Waals surface area (Å²) in [6, 6.07) is 12.1. The molecule has 0 radical (unpaired) electrons. The molecule has 0 atom stereocenters. The van der Waals surface area contributed by atoms with E-state index in [1.807, 2.05) is 36.4 Å². The van der Waals surface area contributed by atoms with E-state index in [9.17, 15) is 9.59 Å². The fraction of sp³-hybridized carbons (Fsp3) is 0.294. The Morgan fingerprint density at radius 1 is 0.905 bits per heavy atom. The number of carbonyl (C=O) groups is 2. The van der Waals surface area contributed by atoms with Crippen molar-refractivity contribution in [1.29, 1.82) is 0 Å². The third-order valence-corrected chi connectivity index (χ3v) is 4.20. The Hall–Kier alpha value is -2.36. The molecule has 0 bridgehead atoms. The van der Waals surface area contributed by atoms with Crippen LogP contribution in [-0.2, 0) is 31.9 Å². The number of hydrogen-bond acceptors (Lipinski definition) is 4. The number of carbonyl (C=O) groups excluding carboxylic acids is 2. The SMILES string of the molecule is COC(=O)C1(C(=O)OC)Cc2cc3ccccc3cc2C1. The second-order valence-corrected chi connectivity index (χ2v) is 5.39. The molecule has 2 aromatic rings. The minimum atomic E-state index is -1.25. The lowest BCUT2D eigenvalue weighted by atomic mass is 9.85. The highest BCUT2D eigenvalue weighted by atomic mass is 16.5. The van der Waals surface area contributed by atoms with E-state index in [4.69, 9.17) is 9.47 Å². The van der Waals surface area contributed by atoms with Gasteiger partial charge in [0.1, 0.15) is 0 Å². The van der Waals surface area contributed by atoms with Crippen LogP contribution in [0.4, 0.5) is 0 Å². The molecule has 0 spiro atoms. The molecule has 0 unspecified atom stereocenters. The predicted octanol–water partition coefficient (Wildman–Crippen LogP) is 2.27. The molecule has 21 heavy (non-hydrogen) atoms. The van der Waals surface area contributed by atoms with Gasteiger partial charge in [-0.25, -0.2) is 0 Å². The van der Waals surface area contributed by atoms with Crippen molar-refractivity contribution in [3.63, 3.8) is 0 Å². The Balaban J connectivity index is 2.11. The summed E-state index contributed by atoms with van der Waals surface area (Å²) >= 11 is 0. The fourth-order valence-corrected chi connectivity index (χ4v) is 3.14. The number of benzene rings is 2. The fourth-order valence-electron chi connectivity index (χ4n) is 3.14. The lowest BCUT2D eigenvalue weighted by Crippen LogP contribution is -2.42. The van der Waals surface area contributed by atoms with Gasteiger partial charge in [-0.3, -0.25) is 9.59 Å². The molecule has 2 aromatic carbocycles. The molecule has 3 rings (SSSR count). The summed E-state index contributed by atoms with van der Waals surface area (Å²) in [5.74, 6) is -1.07. The molecule has 0 heterocycles. The third kappa shape index (κ3) is 1.98. The average molecular weight is 284 g/mol. The maximum atomic E-state index is 12.2. The third-order valence-electron chi connectivity index (χ3n) is 4.20. The highest BCUT2D eigenvalue weighted by Gasteiger charge is 2.52. The van der Waals surface area contributed by atoms with Crippen molar-refractivity contribution < 1.29 is 19.1 Å². The number of ether oxygens (including phenoxy) is 2. The summed E-state index contributed by atoms with van der Waals surface area (Å²) in [5.41, 5.74) is 0.762. The lowest BCUT2D eigenvalue weighted by Gasteiger charge is -2.22. The van der Waals surface area contributed by atoms with E-state index in [0.717, 1.165) is 21.9 Å². The highest BCUT2D eigenvalue weighted by Crippen LogP contribution is 2.40. The van der Waals surface area contributed by atoms with Crippen LogP contribution in [0.5, 0.6) is 0 Å². The molecule has 0 saturated carbocycles. The minimum Gasteiger partial charge on any atom is -0.468 e. The first kappa shape index (κ1) is 13.6. The van der Waals surface area contributed by atoms with Crippen LogP contribution in [0.1, 0.15) is 11.1 Å². The second-order valence-electron chi connectivity index (χ2n) is 5.39. The Morgan fingerprint density at radius 2 is 1.33 bits per heavy atom. The van der Waals surface area contributed by atoms with Crippen LogP contribution < -0.4 is 0 Å². The maximum absolute atomic E-state index is 12.2. The van der Waals surface area contributed by atoms with Gasteiger partial charge < -0.3 is 9.47 Å². The monoisotopic (exact) mass is 284 g/mol. The van der Waals surface area contributed by atoms with Gasteiger partial charge in [-0.2, -0.15) is 0 Å². The van der Waals surface area contributed by atoms with Crippen molar-refractivity contribution in [2.45, 2.75) is 12.8 Å². The quantitative estimate of drug-likeness (QED) is 0.627. The first-order valence-electron chi connectivity index (χ1n) is 6.78. The topological polar surface area (TPSA) is 52.6 Å². The van der Waals surface area contributed by atoms with Gasteiger partial charge in [-0.1, -0.05) is 36.4 Å². The zero-order valence-corrected chi connectivity index (χ0v) is 12.0. The molecule has 1 aliphatic carbocycles. The maximum Gasteiger partial charge on any atom is 0.323 e. The van der Waals surface area contributed by atoms with Crippen LogP contribution in [0.2, 0.25) is 0 Å². The molecule has 4 heteroatoms. The number of fused-ring (bicyclic) bond motifs is 2. The summed E-state index contributed by atoms with van der Waals surface area (Å²) in [6.45, 7) is 0. The molecule has 0 aromatic heterocycles. The predicted molar refractivity (Wildman–Crippen MR) is 77.8 cm³/mol. The van der Waals surface area contributed by atoms with E-state index in [1.165, 1.54) is 14.2 Å². The molecule has 0 amide bonds. The van der Waals surface area contributed by atoms with Crippen molar-refractivity contribution in [2.24, 2.45) is 5.41 Å². The molecular formula is C17H16O4. The molecule has 0 saturated heterocycles. The highest BCUT2D eigenvalue weighted by molar-refractivity contribution is 6.02. The zero-order valence-electron chi connectivity index (χ0n) is 12.0. The first-order valence-corrected chi connectivity index (χ1v) is 6.78. The van der Waals surface area contributed by atoms with Crippen LogP contribution in [0.15, 0.2) is 36.4 Å². The van der Waals surface area contributed by atoms with Crippen LogP contribution in [0.25, 0.3) is 10.8 Å². The smallest absolute Gasteiger partial charge is 0.323 e. The van der Waals surface area contributed by atoms with Crippen LogP contribution in [0.3, 0.4) is 0 Å². The molecule has 4 nitrogen and oxygen atoms in total. The van der Waals surface area contributed by atoms with E-state index in [-0.39, 0.29) is 0 Å². The van der Waals surface area contributed by atoms with Crippen LogP contribution in [-0.4, -0.2) is 26.2 Å². The normalized spacial score (nSPS) is 15.5. The van der Waals surface area contributed by atoms with Gasteiger partial charge in [0.25, 0.3) is 0 Å². The Bertz CT molecular complexity index is 670. The van der Waals surface area contributed by atoms with Gasteiger partial charge in [0.15, 0.2) is 5.41 Å². The first-order chi connectivity index (χ1) is 10.1. The van der Waals surface area contributed by atoms with E-state index in [0.29, 0.717) is 12.8 Å². The molecule has 108 valence electrons. The summed E-state index contributed by atoms with van der Waals surface area (Å²) < 4.78 is 9.70. The van der Waals surface area contributed by atoms with Crippen molar-refractivity contribution in [2.75, 3.05) is 14.2 Å². The number of methoxy groups -OCH3 is 2. The van der Waals surface area contributed by atoms with Crippen molar-refractivity contribution in [1.82, 2.24) is 0 Å². The zero-order chi connectivity index (χ0) is 15.0. The Labute approximate surface area is 122 Å². The molecule has 1 aliphatic rings. The summed E-state index contributed by atoms with van der Waals surface area (Å²) in [5, 5.41) is 2.20. The van der Waals surface area contributed by atoms with Crippen LogP contribution >= 0.6 is 0 Å². The lowest BCUT2D eigenvalue weighted by molar-refractivity contribution is -0.168. The largest absolute Gasteiger partial charge is 0.468 e. The average Bonchev–Trinajstić information content (AvgIpc) is 2.90. The summed E-state index contributed by atoms with van der Waals surface area (Å²) in [7, 11) is 2.60. The van der Waals surface area contributed by atoms with E-state index in [1.54, 1.807) is 0 Å². The van der Waals surface area contributed by atoms with Crippen molar-refractivity contribution in [3.05, 3.63) is 47.5 Å². The van der Waals surface area contributed by atoms with Gasteiger partial charge in [0, 0.05) is 0 Å². The van der Waals surface area contributed by atoms with Gasteiger partial charge in [0.05, 0.1) is 14.2 Å². The minimum absolute atomic E-state index is 0.326. The van der Waals surface area contributed by atoms with E-state index >= 15 is 0 Å². The standard InChI is InChI=1S/C17H16O4/c1-20-15(18)17(16(19)21-2)9-13-7-11-5-3-4-6-12(11)8-14(13)10-17/h3-8H,9-10H2,1-2H3. The van der Waals surface area contributed by atoms with Crippen LogP contribution in [0, 0.1) is 5.41 Å². The molecule has 0 aliphatic heterocycles. The van der Waals surface area contributed by atoms with E-state index < -0.39 is 17.4 Å². The number of esters is 2. The van der Waals surface area contributed by atoms with Crippen molar-refractivity contribution in [3.8, 4) is 0 Å². The van der Waals surface area contributed by atoms with Gasteiger partial charge in [0.2, 0.25) is 0 Å². The summed E-state index contributed by atoms with van der Waals surface area (Å²) in [4.78, 5) is 24.4. The number of hydrogen-bond donors (Lipinski definition) is 0. The van der Waals surface area contributed by atoms with Gasteiger partial charge >= 0.3 is 11.9 Å². The Morgan fingerprint density at radius 3 is 1.71 bits per heavy atom. The molecule has 0 fully saturated rings.